The fraction of sp³-hybridized carbons (Fsp3) is 0.300. The second-order valence-electron chi connectivity index (χ2n) is 10.1. The maximum absolute atomic E-state index is 14.1. The van der Waals surface area contributed by atoms with Crippen molar-refractivity contribution < 1.29 is 31.8 Å². The minimum atomic E-state index is -4.03. The number of benzene rings is 3. The Labute approximate surface area is 238 Å². The van der Waals surface area contributed by atoms with Gasteiger partial charge in [-0.1, -0.05) is 55.5 Å². The van der Waals surface area contributed by atoms with Crippen molar-refractivity contribution in [3.8, 4) is 5.75 Å². The highest BCUT2D eigenvalue weighted by molar-refractivity contribution is 7.89. The van der Waals surface area contributed by atoms with E-state index in [1.807, 2.05) is 42.5 Å². The Bertz CT molecular complexity index is 1520. The molecule has 3 aromatic rings. The number of nitrogens with zero attached hydrogens (tertiary/aromatic N) is 2. The number of aliphatic hydroxyl groups excluding tert-OH is 1. The number of rotatable bonds is 7. The fourth-order valence-corrected chi connectivity index (χ4v) is 6.30. The Morgan fingerprint density at radius 1 is 1.12 bits per heavy atom. The van der Waals surface area contributed by atoms with E-state index < -0.39 is 45.8 Å². The van der Waals surface area contributed by atoms with Crippen molar-refractivity contribution in [1.82, 2.24) is 9.21 Å². The number of urea groups is 1. The minimum Gasteiger partial charge on any atom is -0.487 e. The van der Waals surface area contributed by atoms with E-state index in [-0.39, 0.29) is 36.0 Å². The number of halogens is 2. The molecular formula is C30H33F2N3O5S. The molecule has 0 radical (unpaired) electrons. The summed E-state index contributed by atoms with van der Waals surface area (Å²) in [6.07, 6.45) is 3.05. The van der Waals surface area contributed by atoms with Crippen molar-refractivity contribution in [1.29, 1.82) is 0 Å². The second-order valence-corrected chi connectivity index (χ2v) is 12.0. The van der Waals surface area contributed by atoms with E-state index in [2.05, 4.69) is 5.32 Å². The molecule has 11 heteroatoms. The third-order valence-electron chi connectivity index (χ3n) is 6.93. The van der Waals surface area contributed by atoms with Gasteiger partial charge in [0.25, 0.3) is 0 Å². The summed E-state index contributed by atoms with van der Waals surface area (Å²) in [6.45, 7) is 3.06. The van der Waals surface area contributed by atoms with Crippen molar-refractivity contribution in [2.75, 3.05) is 32.1 Å². The monoisotopic (exact) mass is 585 g/mol. The number of nitrogens with one attached hydrogen (secondary N) is 1. The van der Waals surface area contributed by atoms with Gasteiger partial charge in [0.2, 0.25) is 10.0 Å². The summed E-state index contributed by atoms with van der Waals surface area (Å²) >= 11 is 0. The number of hydrogen-bond acceptors (Lipinski definition) is 5. The number of hydrogen-bond donors (Lipinski definition) is 2. The van der Waals surface area contributed by atoms with Crippen LogP contribution < -0.4 is 10.1 Å². The Balaban J connectivity index is 1.65. The number of carbonyl (C=O) groups is 1. The molecule has 0 fully saturated rings. The van der Waals surface area contributed by atoms with Crippen molar-refractivity contribution in [3.63, 3.8) is 0 Å². The predicted octanol–water partition coefficient (Wildman–Crippen LogP) is 5.07. The van der Waals surface area contributed by atoms with Crippen LogP contribution in [0.15, 0.2) is 71.6 Å². The minimum absolute atomic E-state index is 0.00878. The molecule has 41 heavy (non-hydrogen) atoms. The number of amides is 2. The van der Waals surface area contributed by atoms with E-state index in [1.54, 1.807) is 26.0 Å². The molecule has 0 aromatic heterocycles. The van der Waals surface area contributed by atoms with Gasteiger partial charge in [0.1, 0.15) is 28.4 Å². The molecule has 3 atom stereocenters. The molecule has 218 valence electrons. The van der Waals surface area contributed by atoms with Gasteiger partial charge in [-0.2, -0.15) is 4.31 Å². The second kappa shape index (κ2) is 12.8. The molecule has 3 aromatic carbocycles. The van der Waals surface area contributed by atoms with E-state index in [4.69, 9.17) is 4.74 Å². The van der Waals surface area contributed by atoms with Gasteiger partial charge >= 0.3 is 6.03 Å². The maximum atomic E-state index is 14.1. The molecule has 0 bridgehead atoms. The average molecular weight is 586 g/mol. The molecule has 1 heterocycles. The number of ether oxygens (including phenoxy) is 1. The van der Waals surface area contributed by atoms with E-state index in [0.29, 0.717) is 5.56 Å². The summed E-state index contributed by atoms with van der Waals surface area (Å²) in [7, 11) is -2.56. The van der Waals surface area contributed by atoms with Crippen molar-refractivity contribution in [3.05, 3.63) is 89.5 Å². The first-order valence-corrected chi connectivity index (χ1v) is 14.6. The zero-order valence-electron chi connectivity index (χ0n) is 23.0. The lowest BCUT2D eigenvalue weighted by molar-refractivity contribution is 0.0830. The molecule has 0 aliphatic carbocycles. The summed E-state index contributed by atoms with van der Waals surface area (Å²) < 4.78 is 62.6. The van der Waals surface area contributed by atoms with Crippen LogP contribution in [0.2, 0.25) is 0 Å². The first-order chi connectivity index (χ1) is 19.5. The highest BCUT2D eigenvalue weighted by atomic mass is 32.2. The quantitative estimate of drug-likeness (QED) is 0.378. The number of aliphatic hydroxyl groups is 1. The number of carbonyl (C=O) groups excluding carboxylic acids is 1. The number of sulfonamides is 1. The maximum Gasteiger partial charge on any atom is 0.321 e. The van der Waals surface area contributed by atoms with E-state index in [1.165, 1.54) is 22.3 Å². The van der Waals surface area contributed by atoms with Crippen LogP contribution in [0.1, 0.15) is 25.0 Å². The Hall–Kier alpha value is -3.80. The normalized spacial score (nSPS) is 19.5. The topological polar surface area (TPSA) is 99.2 Å². The van der Waals surface area contributed by atoms with Crippen LogP contribution in [-0.4, -0.2) is 67.7 Å². The standard InChI is InChI=1S/C30H33F2N3O5S/c1-20-17-35(21(2)19-36)41(38,39)29-14-11-23(10-9-22-7-5-4-6-8-22)15-27(29)40-28(20)18-34(3)30(37)33-26-16-24(31)12-13-25(26)32/h4-16,20-21,28,36H,17-19H2,1-3H3,(H,33,37)/t20-,21-,28+/m1/s1. The van der Waals surface area contributed by atoms with Crippen LogP contribution >= 0.6 is 0 Å². The molecule has 0 unspecified atom stereocenters. The summed E-state index contributed by atoms with van der Waals surface area (Å²) in [5.74, 6) is -1.80. The zero-order chi connectivity index (χ0) is 29.7. The van der Waals surface area contributed by atoms with Crippen LogP contribution in [0.5, 0.6) is 5.75 Å². The third-order valence-corrected chi connectivity index (χ3v) is 8.95. The van der Waals surface area contributed by atoms with Crippen molar-refractivity contribution in [2.45, 2.75) is 30.9 Å². The molecule has 0 saturated heterocycles. The molecule has 2 amide bonds. The summed E-state index contributed by atoms with van der Waals surface area (Å²) in [4.78, 5) is 14.1. The highest BCUT2D eigenvalue weighted by Crippen LogP contribution is 2.34. The molecule has 8 nitrogen and oxygen atoms in total. The molecule has 0 saturated carbocycles. The molecule has 4 rings (SSSR count). The predicted molar refractivity (Wildman–Crippen MR) is 154 cm³/mol. The third kappa shape index (κ3) is 7.10. The average Bonchev–Trinajstić information content (AvgIpc) is 2.95. The molecular weight excluding hydrogens is 552 g/mol. The van der Waals surface area contributed by atoms with Crippen molar-refractivity contribution in [2.24, 2.45) is 5.92 Å². The SMILES string of the molecule is C[C@@H]1CN([C@H](C)CO)S(=O)(=O)c2ccc(C=Cc3ccccc3)cc2O[C@H]1CN(C)C(=O)Nc1cc(F)ccc1F. The van der Waals surface area contributed by atoms with Gasteiger partial charge in [-0.15, -0.1) is 0 Å². The Morgan fingerprint density at radius 3 is 2.54 bits per heavy atom. The van der Waals surface area contributed by atoms with Gasteiger partial charge in [-0.05, 0) is 42.3 Å². The van der Waals surface area contributed by atoms with Crippen LogP contribution in [0, 0.1) is 17.6 Å². The van der Waals surface area contributed by atoms with Crippen LogP contribution in [0.3, 0.4) is 0 Å². The largest absolute Gasteiger partial charge is 0.487 e. The number of fused-ring (bicyclic) bond motifs is 1. The van der Waals surface area contributed by atoms with Crippen LogP contribution in [0.4, 0.5) is 19.3 Å². The fourth-order valence-electron chi connectivity index (χ4n) is 4.48. The van der Waals surface area contributed by atoms with Gasteiger partial charge < -0.3 is 20.1 Å². The molecule has 1 aliphatic heterocycles. The summed E-state index contributed by atoms with van der Waals surface area (Å²) in [5, 5.41) is 12.2. The summed E-state index contributed by atoms with van der Waals surface area (Å²) in [5.41, 5.74) is 1.36. The van der Waals surface area contributed by atoms with Crippen molar-refractivity contribution >= 4 is 33.9 Å². The Morgan fingerprint density at radius 2 is 1.83 bits per heavy atom. The zero-order valence-corrected chi connectivity index (χ0v) is 23.8. The highest BCUT2D eigenvalue weighted by Gasteiger charge is 2.38. The number of anilines is 1. The van der Waals surface area contributed by atoms with Gasteiger partial charge in [0.15, 0.2) is 0 Å². The lowest BCUT2D eigenvalue weighted by Crippen LogP contribution is -2.50. The van der Waals surface area contributed by atoms with Gasteiger partial charge in [-0.3, -0.25) is 0 Å². The van der Waals surface area contributed by atoms with E-state index in [0.717, 1.165) is 23.8 Å². The van der Waals surface area contributed by atoms with E-state index in [9.17, 15) is 27.1 Å². The van der Waals surface area contributed by atoms with E-state index >= 15 is 0 Å². The lowest BCUT2D eigenvalue weighted by atomic mass is 10.0. The number of likely N-dealkylation sites (N-methyl/N-ethyl adjacent to an activating group) is 1. The van der Waals surface area contributed by atoms with Gasteiger partial charge in [0, 0.05) is 31.6 Å². The summed E-state index contributed by atoms with van der Waals surface area (Å²) in [6, 6.07) is 15.7. The first-order valence-electron chi connectivity index (χ1n) is 13.1. The van der Waals surface area contributed by atoms with Gasteiger partial charge in [-0.25, -0.2) is 22.0 Å². The first kappa shape index (κ1) is 30.2. The molecule has 2 N–H and O–H groups in total. The smallest absolute Gasteiger partial charge is 0.321 e. The molecule has 0 spiro atoms. The van der Waals surface area contributed by atoms with Crippen LogP contribution in [-0.2, 0) is 10.0 Å². The molecule has 1 aliphatic rings. The van der Waals surface area contributed by atoms with Crippen LogP contribution in [0.25, 0.3) is 12.2 Å². The Kier molecular flexibility index (Phi) is 9.42. The lowest BCUT2D eigenvalue weighted by Gasteiger charge is -2.37. The van der Waals surface area contributed by atoms with Gasteiger partial charge in [0.05, 0.1) is 18.8 Å².